The highest BCUT2D eigenvalue weighted by atomic mass is 32.1. The van der Waals surface area contributed by atoms with Crippen LogP contribution >= 0.6 is 12.2 Å². The molecule has 1 fully saturated rings. The average molecular weight is 372 g/mol. The van der Waals surface area contributed by atoms with Gasteiger partial charge in [0.1, 0.15) is 11.5 Å². The molecule has 5 nitrogen and oxygen atoms in total. The Labute approximate surface area is 159 Å². The number of thiocarbonyl (C=S) groups is 1. The molecule has 0 radical (unpaired) electrons. The summed E-state index contributed by atoms with van der Waals surface area (Å²) in [5, 5.41) is 14.0. The van der Waals surface area contributed by atoms with Crippen LogP contribution in [0.1, 0.15) is 18.4 Å². The minimum atomic E-state index is 0.163. The van der Waals surface area contributed by atoms with Crippen LogP contribution in [0.25, 0.3) is 0 Å². The lowest BCUT2D eigenvalue weighted by Crippen LogP contribution is -2.39. The van der Waals surface area contributed by atoms with Crippen molar-refractivity contribution >= 4 is 23.0 Å². The Balaban J connectivity index is 1.72. The van der Waals surface area contributed by atoms with Crippen molar-refractivity contribution in [3.8, 4) is 11.5 Å². The molecule has 2 aromatic carbocycles. The van der Waals surface area contributed by atoms with Gasteiger partial charge in [0, 0.05) is 30.9 Å². The van der Waals surface area contributed by atoms with Crippen LogP contribution in [0.3, 0.4) is 0 Å². The molecule has 3 rings (SSSR count). The minimum Gasteiger partial charge on any atom is -0.508 e. The molecule has 0 bridgehead atoms. The van der Waals surface area contributed by atoms with Gasteiger partial charge in [-0.1, -0.05) is 18.2 Å². The van der Waals surface area contributed by atoms with E-state index in [4.69, 9.17) is 21.7 Å². The molecule has 6 heteroatoms. The SMILES string of the molecule is COc1ccc(NC(=S)N(Cc2ccccc2O)C[C@H]2CCCO2)cc1. The maximum absolute atomic E-state index is 10.1. The van der Waals surface area contributed by atoms with E-state index in [2.05, 4.69) is 5.32 Å². The first-order valence-corrected chi connectivity index (χ1v) is 9.15. The Hall–Kier alpha value is -2.31. The van der Waals surface area contributed by atoms with Gasteiger partial charge in [-0.05, 0) is 55.4 Å². The molecule has 138 valence electrons. The van der Waals surface area contributed by atoms with Crippen molar-refractivity contribution in [2.24, 2.45) is 0 Å². The number of ether oxygens (including phenoxy) is 2. The molecule has 26 heavy (non-hydrogen) atoms. The fourth-order valence-corrected chi connectivity index (χ4v) is 3.24. The average Bonchev–Trinajstić information content (AvgIpc) is 3.16. The summed E-state index contributed by atoms with van der Waals surface area (Å²) < 4.78 is 11.0. The monoisotopic (exact) mass is 372 g/mol. The number of nitrogens with one attached hydrogen (secondary N) is 1. The van der Waals surface area contributed by atoms with Crippen molar-refractivity contribution in [3.63, 3.8) is 0 Å². The Morgan fingerprint density at radius 1 is 1.27 bits per heavy atom. The number of phenols is 1. The number of para-hydroxylation sites is 1. The predicted molar refractivity (Wildman–Crippen MR) is 107 cm³/mol. The van der Waals surface area contributed by atoms with Gasteiger partial charge in [-0.15, -0.1) is 0 Å². The second-order valence-corrected chi connectivity index (χ2v) is 6.69. The lowest BCUT2D eigenvalue weighted by molar-refractivity contribution is 0.0904. The Bertz CT molecular complexity index is 730. The van der Waals surface area contributed by atoms with Crippen LogP contribution in [0, 0.1) is 0 Å². The first kappa shape index (κ1) is 18.5. The van der Waals surface area contributed by atoms with Gasteiger partial charge in [-0.25, -0.2) is 0 Å². The van der Waals surface area contributed by atoms with E-state index in [-0.39, 0.29) is 11.9 Å². The molecule has 1 heterocycles. The Kier molecular flexibility index (Phi) is 6.30. The molecule has 1 aliphatic rings. The van der Waals surface area contributed by atoms with Crippen molar-refractivity contribution in [1.82, 2.24) is 4.90 Å². The molecule has 0 saturated carbocycles. The summed E-state index contributed by atoms with van der Waals surface area (Å²) in [6.07, 6.45) is 2.27. The van der Waals surface area contributed by atoms with E-state index < -0.39 is 0 Å². The van der Waals surface area contributed by atoms with Gasteiger partial charge in [-0.3, -0.25) is 0 Å². The molecule has 0 aromatic heterocycles. The molecule has 0 spiro atoms. The van der Waals surface area contributed by atoms with Gasteiger partial charge in [0.2, 0.25) is 0 Å². The van der Waals surface area contributed by atoms with Crippen LogP contribution in [-0.2, 0) is 11.3 Å². The van der Waals surface area contributed by atoms with Crippen LogP contribution < -0.4 is 10.1 Å². The van der Waals surface area contributed by atoms with Crippen molar-refractivity contribution in [1.29, 1.82) is 0 Å². The lowest BCUT2D eigenvalue weighted by atomic mass is 10.1. The molecule has 0 aliphatic carbocycles. The predicted octanol–water partition coefficient (Wildman–Crippen LogP) is 3.78. The van der Waals surface area contributed by atoms with Gasteiger partial charge >= 0.3 is 0 Å². The van der Waals surface area contributed by atoms with E-state index in [0.29, 0.717) is 18.2 Å². The van der Waals surface area contributed by atoms with Crippen molar-refractivity contribution in [2.45, 2.75) is 25.5 Å². The van der Waals surface area contributed by atoms with E-state index in [1.54, 1.807) is 13.2 Å². The third kappa shape index (κ3) is 4.86. The normalized spacial score (nSPS) is 16.3. The first-order chi connectivity index (χ1) is 12.7. The molecule has 2 aromatic rings. The molecular weight excluding hydrogens is 348 g/mol. The molecule has 0 unspecified atom stereocenters. The highest BCUT2D eigenvalue weighted by Gasteiger charge is 2.22. The number of phenolic OH excluding ortho intramolecular Hbond substituents is 1. The molecule has 2 N–H and O–H groups in total. The zero-order valence-corrected chi connectivity index (χ0v) is 15.7. The Morgan fingerprint density at radius 2 is 2.04 bits per heavy atom. The van der Waals surface area contributed by atoms with E-state index in [0.717, 1.165) is 36.4 Å². The maximum atomic E-state index is 10.1. The third-order valence-electron chi connectivity index (χ3n) is 4.43. The maximum Gasteiger partial charge on any atom is 0.173 e. The van der Waals surface area contributed by atoms with Crippen molar-refractivity contribution in [2.75, 3.05) is 25.6 Å². The summed E-state index contributed by atoms with van der Waals surface area (Å²) >= 11 is 5.64. The number of rotatable bonds is 6. The van der Waals surface area contributed by atoms with E-state index >= 15 is 0 Å². The number of hydrogen-bond acceptors (Lipinski definition) is 4. The quantitative estimate of drug-likeness (QED) is 0.753. The molecular formula is C20H24N2O3S. The van der Waals surface area contributed by atoms with E-state index in [1.165, 1.54) is 0 Å². The van der Waals surface area contributed by atoms with Gasteiger partial charge in [0.05, 0.1) is 13.2 Å². The summed E-state index contributed by atoms with van der Waals surface area (Å²) in [7, 11) is 1.64. The van der Waals surface area contributed by atoms with Crippen LogP contribution in [-0.4, -0.2) is 41.5 Å². The fourth-order valence-electron chi connectivity index (χ4n) is 2.98. The summed E-state index contributed by atoms with van der Waals surface area (Å²) in [5.41, 5.74) is 1.73. The van der Waals surface area contributed by atoms with E-state index in [9.17, 15) is 5.11 Å². The molecule has 0 amide bonds. The van der Waals surface area contributed by atoms with Crippen LogP contribution in [0.15, 0.2) is 48.5 Å². The summed E-state index contributed by atoms with van der Waals surface area (Å²) in [4.78, 5) is 2.05. The zero-order valence-electron chi connectivity index (χ0n) is 14.9. The smallest absolute Gasteiger partial charge is 0.173 e. The zero-order chi connectivity index (χ0) is 18.4. The number of aromatic hydroxyl groups is 1. The Morgan fingerprint density at radius 3 is 2.69 bits per heavy atom. The number of benzene rings is 2. The number of anilines is 1. The van der Waals surface area contributed by atoms with Crippen molar-refractivity contribution < 1.29 is 14.6 Å². The van der Waals surface area contributed by atoms with Gasteiger partial charge in [0.25, 0.3) is 0 Å². The highest BCUT2D eigenvalue weighted by Crippen LogP contribution is 2.22. The minimum absolute atomic E-state index is 0.163. The fraction of sp³-hybridized carbons (Fsp3) is 0.350. The second-order valence-electron chi connectivity index (χ2n) is 6.30. The number of methoxy groups -OCH3 is 1. The second kappa shape index (κ2) is 8.87. The van der Waals surface area contributed by atoms with Crippen LogP contribution in [0.5, 0.6) is 11.5 Å². The first-order valence-electron chi connectivity index (χ1n) is 8.74. The van der Waals surface area contributed by atoms with E-state index in [1.807, 2.05) is 47.4 Å². The number of nitrogens with zero attached hydrogens (tertiary/aromatic N) is 1. The topological polar surface area (TPSA) is 54.0 Å². The lowest BCUT2D eigenvalue weighted by Gasteiger charge is -2.28. The molecule has 1 saturated heterocycles. The molecule has 1 aliphatic heterocycles. The largest absolute Gasteiger partial charge is 0.508 e. The third-order valence-corrected chi connectivity index (χ3v) is 4.79. The van der Waals surface area contributed by atoms with Gasteiger partial charge in [0.15, 0.2) is 5.11 Å². The van der Waals surface area contributed by atoms with Gasteiger partial charge < -0.3 is 24.8 Å². The van der Waals surface area contributed by atoms with Crippen molar-refractivity contribution in [3.05, 3.63) is 54.1 Å². The van der Waals surface area contributed by atoms with Crippen LogP contribution in [0.2, 0.25) is 0 Å². The van der Waals surface area contributed by atoms with Crippen LogP contribution in [0.4, 0.5) is 5.69 Å². The standard InChI is InChI=1S/C20H24N2O3S/c1-24-17-10-8-16(9-11-17)21-20(26)22(14-18-6-4-12-25-18)13-15-5-2-3-7-19(15)23/h2-3,5,7-11,18,23H,4,6,12-14H2,1H3,(H,21,26)/t18-/m1/s1. The molecule has 1 atom stereocenters. The number of hydrogen-bond donors (Lipinski definition) is 2. The summed E-state index contributed by atoms with van der Waals surface area (Å²) in [6.45, 7) is 2.01. The summed E-state index contributed by atoms with van der Waals surface area (Å²) in [5.74, 6) is 1.07. The van der Waals surface area contributed by atoms with Gasteiger partial charge in [-0.2, -0.15) is 0 Å². The highest BCUT2D eigenvalue weighted by molar-refractivity contribution is 7.80. The summed E-state index contributed by atoms with van der Waals surface area (Å²) in [6, 6.07) is 15.0.